The fourth-order valence-corrected chi connectivity index (χ4v) is 3.83. The van der Waals surface area contributed by atoms with Crippen LogP contribution in [-0.4, -0.2) is 15.1 Å². The Hall–Kier alpha value is -0.490. The maximum absolute atomic E-state index is 12.4. The molecule has 7 heteroatoms. The first-order valence-electron chi connectivity index (χ1n) is 6.01. The van der Waals surface area contributed by atoms with Gasteiger partial charge in [-0.1, -0.05) is 56.1 Å². The fraction of sp³-hybridized carbons (Fsp3) is 0.143. The minimum atomic E-state index is -4.27. The predicted molar refractivity (Wildman–Crippen MR) is 88.0 cm³/mol. The maximum atomic E-state index is 12.4. The van der Waals surface area contributed by atoms with Crippen LogP contribution in [0.15, 0.2) is 57.5 Å². The van der Waals surface area contributed by atoms with E-state index < -0.39 is 19.1 Å². The average Bonchev–Trinajstić information content (AvgIpc) is 2.47. The van der Waals surface area contributed by atoms with Crippen molar-refractivity contribution in [1.29, 1.82) is 0 Å². The van der Waals surface area contributed by atoms with Gasteiger partial charge in [0.1, 0.15) is 0 Å². The van der Waals surface area contributed by atoms with Crippen molar-refractivity contribution in [3.8, 4) is 0 Å². The Morgan fingerprint density at radius 1 is 0.762 bits per heavy atom. The lowest BCUT2D eigenvalue weighted by molar-refractivity contribution is 0.186. The predicted octanol–water partition coefficient (Wildman–Crippen LogP) is 4.16. The van der Waals surface area contributed by atoms with Gasteiger partial charge >= 0.3 is 0 Å². The summed E-state index contributed by atoms with van der Waals surface area (Å²) in [5, 5.41) is 20.3. The smallest absolute Gasteiger partial charge is 0.264 e. The molecule has 2 aromatic rings. The average molecular weight is 436 g/mol. The van der Waals surface area contributed by atoms with Crippen LogP contribution in [-0.2, 0) is 4.57 Å². The van der Waals surface area contributed by atoms with E-state index in [-0.39, 0.29) is 11.1 Å². The Labute approximate surface area is 139 Å². The molecule has 2 atom stereocenters. The Kier molecular flexibility index (Phi) is 5.41. The quantitative estimate of drug-likeness (QED) is 0.630. The fourth-order valence-electron chi connectivity index (χ4n) is 1.83. The van der Waals surface area contributed by atoms with Gasteiger partial charge in [-0.15, -0.1) is 0 Å². The van der Waals surface area contributed by atoms with Crippen molar-refractivity contribution in [1.82, 2.24) is 0 Å². The largest absolute Gasteiger partial charge is 0.378 e. The number of aliphatic hydroxyl groups excluding tert-OH is 2. The van der Waals surface area contributed by atoms with Crippen LogP contribution in [0.2, 0.25) is 0 Å². The van der Waals surface area contributed by atoms with Crippen LogP contribution in [0.3, 0.4) is 0 Å². The molecule has 0 aliphatic rings. The topological polar surface area (TPSA) is 77.8 Å². The molecular formula is C14H13Br2O4P. The highest BCUT2D eigenvalue weighted by molar-refractivity contribution is 9.10. The summed E-state index contributed by atoms with van der Waals surface area (Å²) < 4.78 is 14.0. The van der Waals surface area contributed by atoms with Gasteiger partial charge in [0.25, 0.3) is 7.37 Å². The summed E-state index contributed by atoms with van der Waals surface area (Å²) in [7, 11) is -4.27. The summed E-state index contributed by atoms with van der Waals surface area (Å²) in [4.78, 5) is 10.1. The van der Waals surface area contributed by atoms with Crippen LogP contribution >= 0.6 is 39.2 Å². The van der Waals surface area contributed by atoms with E-state index in [4.69, 9.17) is 0 Å². The molecule has 4 nitrogen and oxygen atoms in total. The van der Waals surface area contributed by atoms with Gasteiger partial charge in [0.2, 0.25) is 0 Å². The molecule has 0 bridgehead atoms. The molecule has 21 heavy (non-hydrogen) atoms. The van der Waals surface area contributed by atoms with Crippen LogP contribution in [0.5, 0.6) is 0 Å². The Balaban J connectivity index is 2.29. The third kappa shape index (κ3) is 3.83. The second kappa shape index (κ2) is 6.73. The summed E-state index contributed by atoms with van der Waals surface area (Å²) in [5.41, 5.74) is 0.556. The lowest BCUT2D eigenvalue weighted by Gasteiger charge is -2.23. The minimum absolute atomic E-state index is 0.278. The van der Waals surface area contributed by atoms with Crippen LogP contribution in [0.1, 0.15) is 22.8 Å². The molecule has 0 radical (unpaired) electrons. The van der Waals surface area contributed by atoms with Crippen molar-refractivity contribution in [2.24, 2.45) is 0 Å². The number of hydrogen-bond donors (Lipinski definition) is 3. The minimum Gasteiger partial charge on any atom is -0.378 e. The number of halogens is 2. The first-order chi connectivity index (χ1) is 9.82. The zero-order chi connectivity index (χ0) is 15.6. The monoisotopic (exact) mass is 434 g/mol. The van der Waals surface area contributed by atoms with E-state index in [2.05, 4.69) is 31.9 Å². The third-order valence-corrected chi connectivity index (χ3v) is 6.09. The summed E-state index contributed by atoms with van der Waals surface area (Å²) in [6.45, 7) is 0. The van der Waals surface area contributed by atoms with Gasteiger partial charge in [-0.3, -0.25) is 4.57 Å². The van der Waals surface area contributed by atoms with E-state index in [1.165, 1.54) is 24.3 Å². The van der Waals surface area contributed by atoms with Gasteiger partial charge in [-0.25, -0.2) is 0 Å². The van der Waals surface area contributed by atoms with Gasteiger partial charge in [0.05, 0.1) is 0 Å². The van der Waals surface area contributed by atoms with Crippen molar-refractivity contribution >= 4 is 39.2 Å². The molecule has 2 aromatic carbocycles. The molecule has 0 unspecified atom stereocenters. The second-order valence-electron chi connectivity index (χ2n) is 4.52. The maximum Gasteiger partial charge on any atom is 0.264 e. The van der Waals surface area contributed by atoms with Crippen LogP contribution in [0, 0.1) is 0 Å². The van der Waals surface area contributed by atoms with E-state index in [1.807, 2.05) is 0 Å². The highest BCUT2D eigenvalue weighted by Gasteiger charge is 2.39. The second-order valence-corrected chi connectivity index (χ2v) is 8.68. The van der Waals surface area contributed by atoms with Crippen molar-refractivity contribution < 1.29 is 19.7 Å². The Morgan fingerprint density at radius 3 is 1.33 bits per heavy atom. The molecule has 0 saturated carbocycles. The number of benzene rings is 2. The summed E-state index contributed by atoms with van der Waals surface area (Å²) in [6, 6.07) is 12.8. The molecule has 0 aliphatic carbocycles. The number of aliphatic hydroxyl groups is 2. The molecule has 0 aromatic heterocycles. The first kappa shape index (κ1) is 16.9. The van der Waals surface area contributed by atoms with Crippen molar-refractivity contribution in [3.05, 3.63) is 68.6 Å². The number of hydrogen-bond acceptors (Lipinski definition) is 3. The van der Waals surface area contributed by atoms with Gasteiger partial charge < -0.3 is 15.1 Å². The van der Waals surface area contributed by atoms with Gasteiger partial charge in [-0.05, 0) is 35.4 Å². The molecule has 0 aliphatic heterocycles. The van der Waals surface area contributed by atoms with E-state index in [0.717, 1.165) is 8.95 Å². The molecular weight excluding hydrogens is 423 g/mol. The molecule has 0 saturated heterocycles. The lowest BCUT2D eigenvalue weighted by atomic mass is 10.2. The molecule has 0 heterocycles. The van der Waals surface area contributed by atoms with Crippen LogP contribution < -0.4 is 0 Å². The number of rotatable bonds is 4. The third-order valence-electron chi connectivity index (χ3n) is 3.04. The summed E-state index contributed by atoms with van der Waals surface area (Å²) in [6.07, 6.45) is 0. The van der Waals surface area contributed by atoms with E-state index in [1.54, 1.807) is 24.3 Å². The van der Waals surface area contributed by atoms with Crippen molar-refractivity contribution in [2.75, 3.05) is 0 Å². The first-order valence-corrected chi connectivity index (χ1v) is 9.40. The standard InChI is InChI=1S/C14H13Br2O4P/c15-11-5-1-9(2-6-11)13(17)21(19,20)14(18)10-3-7-12(16)8-4-10/h1-8,13-14,17-18H,(H,19,20)/t13-,14-/m0/s1. The zero-order valence-corrected chi connectivity index (χ0v) is 14.8. The Bertz CT molecular complexity index is 602. The summed E-state index contributed by atoms with van der Waals surface area (Å²) in [5.74, 6) is -3.30. The highest BCUT2D eigenvalue weighted by atomic mass is 79.9. The molecule has 0 fully saturated rings. The van der Waals surface area contributed by atoms with Crippen LogP contribution in [0.25, 0.3) is 0 Å². The lowest BCUT2D eigenvalue weighted by Crippen LogP contribution is -2.07. The van der Waals surface area contributed by atoms with Gasteiger partial charge in [0, 0.05) is 8.95 Å². The molecule has 2 rings (SSSR count). The molecule has 3 N–H and O–H groups in total. The van der Waals surface area contributed by atoms with Crippen molar-refractivity contribution in [3.63, 3.8) is 0 Å². The summed E-state index contributed by atoms with van der Waals surface area (Å²) >= 11 is 6.50. The molecule has 112 valence electrons. The van der Waals surface area contributed by atoms with E-state index in [9.17, 15) is 19.7 Å². The normalized spacial score (nSPS) is 14.7. The Morgan fingerprint density at radius 2 is 1.05 bits per heavy atom. The van der Waals surface area contributed by atoms with Gasteiger partial charge in [-0.2, -0.15) is 0 Å². The zero-order valence-electron chi connectivity index (χ0n) is 10.7. The van der Waals surface area contributed by atoms with E-state index in [0.29, 0.717) is 0 Å². The molecule has 0 amide bonds. The van der Waals surface area contributed by atoms with Gasteiger partial charge in [0.15, 0.2) is 11.7 Å². The van der Waals surface area contributed by atoms with Crippen LogP contribution in [0.4, 0.5) is 0 Å². The molecule has 0 spiro atoms. The highest BCUT2D eigenvalue weighted by Crippen LogP contribution is 2.63. The van der Waals surface area contributed by atoms with E-state index >= 15 is 0 Å². The SMILES string of the molecule is O=P(O)([C@H](O)c1ccc(Br)cc1)[C@H](O)c1ccc(Br)cc1. The van der Waals surface area contributed by atoms with Crippen molar-refractivity contribution in [2.45, 2.75) is 11.7 Å².